The predicted octanol–water partition coefficient (Wildman–Crippen LogP) is 1.28. The maximum Gasteiger partial charge on any atom is 0.0897 e. The van der Waals surface area contributed by atoms with Gasteiger partial charge in [-0.15, -0.1) is 11.3 Å². The lowest BCUT2D eigenvalue weighted by atomic mass is 10.3. The molecule has 4 heteroatoms. The predicted molar refractivity (Wildman–Crippen MR) is 63.4 cm³/mol. The van der Waals surface area contributed by atoms with Gasteiger partial charge in [0, 0.05) is 24.6 Å². The fraction of sp³-hybridized carbons (Fsp3) is 0.636. The van der Waals surface area contributed by atoms with Gasteiger partial charge in [0.25, 0.3) is 0 Å². The van der Waals surface area contributed by atoms with Gasteiger partial charge >= 0.3 is 0 Å². The highest BCUT2D eigenvalue weighted by atomic mass is 32.1. The first-order chi connectivity index (χ1) is 7.33. The number of thiophene rings is 1. The fourth-order valence-corrected chi connectivity index (χ4v) is 1.96. The van der Waals surface area contributed by atoms with Crippen LogP contribution in [0.2, 0.25) is 0 Å². The van der Waals surface area contributed by atoms with Gasteiger partial charge in [-0.05, 0) is 24.8 Å². The molecule has 0 saturated carbocycles. The molecule has 1 aromatic heterocycles. The zero-order valence-corrected chi connectivity index (χ0v) is 9.93. The van der Waals surface area contributed by atoms with Crippen LogP contribution in [-0.4, -0.2) is 37.5 Å². The van der Waals surface area contributed by atoms with E-state index >= 15 is 0 Å². The Morgan fingerprint density at radius 2 is 2.47 bits per heavy atom. The summed E-state index contributed by atoms with van der Waals surface area (Å²) >= 11 is 1.77. The molecule has 0 saturated heterocycles. The van der Waals surface area contributed by atoms with Crippen LogP contribution >= 0.6 is 11.3 Å². The largest absolute Gasteiger partial charge is 0.389 e. The SMILES string of the molecule is CCOCC(O)CNCCc1cccs1. The Bertz CT molecular complexity index is 239. The Balaban J connectivity index is 1.97. The quantitative estimate of drug-likeness (QED) is 0.660. The number of nitrogens with one attached hydrogen (secondary N) is 1. The van der Waals surface area contributed by atoms with Crippen molar-refractivity contribution in [1.82, 2.24) is 5.32 Å². The molecule has 2 N–H and O–H groups in total. The van der Waals surface area contributed by atoms with Gasteiger partial charge in [-0.3, -0.25) is 0 Å². The molecule has 0 aliphatic carbocycles. The van der Waals surface area contributed by atoms with Crippen LogP contribution in [-0.2, 0) is 11.2 Å². The third-order valence-electron chi connectivity index (χ3n) is 2.02. The highest BCUT2D eigenvalue weighted by molar-refractivity contribution is 7.09. The maximum atomic E-state index is 9.45. The molecule has 3 nitrogen and oxygen atoms in total. The van der Waals surface area contributed by atoms with E-state index in [0.717, 1.165) is 13.0 Å². The standard InChI is InChI=1S/C11H19NO2S/c1-2-14-9-10(13)8-12-6-5-11-4-3-7-15-11/h3-4,7,10,12-13H,2,5-6,8-9H2,1H3. The summed E-state index contributed by atoms with van der Waals surface area (Å²) in [6, 6.07) is 4.19. The second kappa shape index (κ2) is 7.82. The molecule has 0 aromatic carbocycles. The minimum absolute atomic E-state index is 0.395. The number of hydrogen-bond acceptors (Lipinski definition) is 4. The minimum atomic E-state index is -0.395. The molecule has 86 valence electrons. The van der Waals surface area contributed by atoms with Crippen molar-refractivity contribution in [2.24, 2.45) is 0 Å². The Morgan fingerprint density at radius 3 is 3.13 bits per heavy atom. The van der Waals surface area contributed by atoms with E-state index in [4.69, 9.17) is 4.74 Å². The third-order valence-corrected chi connectivity index (χ3v) is 2.96. The lowest BCUT2D eigenvalue weighted by molar-refractivity contribution is 0.0430. The summed E-state index contributed by atoms with van der Waals surface area (Å²) in [4.78, 5) is 1.38. The molecule has 15 heavy (non-hydrogen) atoms. The Labute approximate surface area is 95.1 Å². The average molecular weight is 229 g/mol. The van der Waals surface area contributed by atoms with Gasteiger partial charge in [-0.1, -0.05) is 6.07 Å². The zero-order chi connectivity index (χ0) is 10.9. The highest BCUT2D eigenvalue weighted by Gasteiger charge is 2.02. The molecule has 1 heterocycles. The molecular formula is C11H19NO2S. The molecule has 0 spiro atoms. The van der Waals surface area contributed by atoms with Crippen LogP contribution < -0.4 is 5.32 Å². The minimum Gasteiger partial charge on any atom is -0.389 e. The van der Waals surface area contributed by atoms with E-state index in [1.165, 1.54) is 4.88 Å². The molecule has 1 aromatic rings. The Morgan fingerprint density at radius 1 is 1.60 bits per heavy atom. The van der Waals surface area contributed by atoms with Crippen molar-refractivity contribution in [3.63, 3.8) is 0 Å². The van der Waals surface area contributed by atoms with Gasteiger partial charge < -0.3 is 15.2 Å². The zero-order valence-electron chi connectivity index (χ0n) is 9.11. The van der Waals surface area contributed by atoms with Crippen molar-refractivity contribution >= 4 is 11.3 Å². The van der Waals surface area contributed by atoms with Gasteiger partial charge in [-0.25, -0.2) is 0 Å². The molecule has 0 aliphatic heterocycles. The van der Waals surface area contributed by atoms with Gasteiger partial charge in [0.2, 0.25) is 0 Å². The number of hydrogen-bond donors (Lipinski definition) is 2. The van der Waals surface area contributed by atoms with E-state index in [2.05, 4.69) is 22.8 Å². The van der Waals surface area contributed by atoms with E-state index in [1.54, 1.807) is 11.3 Å². The summed E-state index contributed by atoms with van der Waals surface area (Å²) in [7, 11) is 0. The number of rotatable bonds is 8. The van der Waals surface area contributed by atoms with E-state index in [1.807, 2.05) is 6.92 Å². The molecule has 1 atom stereocenters. The van der Waals surface area contributed by atoms with Gasteiger partial charge in [0.05, 0.1) is 12.7 Å². The first-order valence-electron chi connectivity index (χ1n) is 5.31. The second-order valence-electron chi connectivity index (χ2n) is 3.35. The van der Waals surface area contributed by atoms with Crippen molar-refractivity contribution in [1.29, 1.82) is 0 Å². The number of aliphatic hydroxyl groups excluding tert-OH is 1. The average Bonchev–Trinajstić information content (AvgIpc) is 2.74. The summed E-state index contributed by atoms with van der Waals surface area (Å²) in [6.45, 7) is 4.51. The van der Waals surface area contributed by atoms with Crippen LogP contribution in [0, 0.1) is 0 Å². The van der Waals surface area contributed by atoms with Gasteiger partial charge in [-0.2, -0.15) is 0 Å². The smallest absolute Gasteiger partial charge is 0.0897 e. The summed E-state index contributed by atoms with van der Waals surface area (Å²) in [5.41, 5.74) is 0. The summed E-state index contributed by atoms with van der Waals surface area (Å²) in [5, 5.41) is 14.7. The topological polar surface area (TPSA) is 41.5 Å². The van der Waals surface area contributed by atoms with Gasteiger partial charge in [0.1, 0.15) is 0 Å². The van der Waals surface area contributed by atoms with E-state index < -0.39 is 6.10 Å². The normalized spacial score (nSPS) is 12.9. The van der Waals surface area contributed by atoms with Gasteiger partial charge in [0.15, 0.2) is 0 Å². The van der Waals surface area contributed by atoms with Crippen LogP contribution in [0.5, 0.6) is 0 Å². The fourth-order valence-electron chi connectivity index (χ4n) is 1.25. The molecule has 0 amide bonds. The van der Waals surface area contributed by atoms with Crippen molar-refractivity contribution < 1.29 is 9.84 Å². The van der Waals surface area contributed by atoms with Crippen molar-refractivity contribution in [3.05, 3.63) is 22.4 Å². The molecule has 0 aliphatic rings. The van der Waals surface area contributed by atoms with E-state index in [-0.39, 0.29) is 0 Å². The molecule has 0 radical (unpaired) electrons. The van der Waals surface area contributed by atoms with Crippen molar-refractivity contribution in [2.45, 2.75) is 19.4 Å². The number of aliphatic hydroxyl groups is 1. The molecular weight excluding hydrogens is 210 g/mol. The summed E-state index contributed by atoms with van der Waals surface area (Å²) in [5.74, 6) is 0. The Kier molecular flexibility index (Phi) is 6.59. The second-order valence-corrected chi connectivity index (χ2v) is 4.38. The van der Waals surface area contributed by atoms with Crippen LogP contribution in [0.3, 0.4) is 0 Å². The van der Waals surface area contributed by atoms with E-state index in [0.29, 0.717) is 19.8 Å². The molecule has 0 bridgehead atoms. The van der Waals surface area contributed by atoms with Crippen LogP contribution in [0.4, 0.5) is 0 Å². The first kappa shape index (κ1) is 12.6. The molecule has 0 fully saturated rings. The third kappa shape index (κ3) is 5.89. The lowest BCUT2D eigenvalue weighted by Gasteiger charge is -2.11. The van der Waals surface area contributed by atoms with Crippen LogP contribution in [0.25, 0.3) is 0 Å². The molecule has 1 unspecified atom stereocenters. The van der Waals surface area contributed by atoms with Crippen molar-refractivity contribution in [2.75, 3.05) is 26.3 Å². The lowest BCUT2D eigenvalue weighted by Crippen LogP contribution is -2.31. The highest BCUT2D eigenvalue weighted by Crippen LogP contribution is 2.07. The van der Waals surface area contributed by atoms with Crippen molar-refractivity contribution in [3.8, 4) is 0 Å². The maximum absolute atomic E-state index is 9.45. The summed E-state index contributed by atoms with van der Waals surface area (Å²) in [6.07, 6.45) is 0.632. The monoisotopic (exact) mass is 229 g/mol. The molecule has 1 rings (SSSR count). The first-order valence-corrected chi connectivity index (χ1v) is 6.19. The van der Waals surface area contributed by atoms with Crippen LogP contribution in [0.15, 0.2) is 17.5 Å². The summed E-state index contributed by atoms with van der Waals surface area (Å²) < 4.78 is 5.11. The van der Waals surface area contributed by atoms with E-state index in [9.17, 15) is 5.11 Å². The Hall–Kier alpha value is -0.420. The number of ether oxygens (including phenoxy) is 1. The van der Waals surface area contributed by atoms with Crippen LogP contribution in [0.1, 0.15) is 11.8 Å².